The molecule has 0 aliphatic carbocycles. The molecule has 1 heterocycles. The van der Waals surface area contributed by atoms with Crippen LogP contribution in [0.25, 0.3) is 10.2 Å². The molecule has 0 aliphatic rings. The molecule has 140 valence electrons. The molecule has 0 radical (unpaired) electrons. The molecule has 3 aromatic rings. The predicted molar refractivity (Wildman–Crippen MR) is 116 cm³/mol. The minimum absolute atomic E-state index is 0.248. The van der Waals surface area contributed by atoms with Gasteiger partial charge >= 0.3 is 0 Å². The van der Waals surface area contributed by atoms with Crippen LogP contribution in [0, 0.1) is 6.92 Å². The Morgan fingerprint density at radius 3 is 2.78 bits per heavy atom. The molecule has 5 nitrogen and oxygen atoms in total. The number of hydrogen-bond donors (Lipinski definition) is 2. The fourth-order valence-corrected chi connectivity index (χ4v) is 3.84. The van der Waals surface area contributed by atoms with E-state index in [2.05, 4.69) is 20.8 Å². The largest absolute Gasteiger partial charge is 0.321 e. The van der Waals surface area contributed by atoms with Gasteiger partial charge in [0, 0.05) is 11.3 Å². The van der Waals surface area contributed by atoms with Crippen molar-refractivity contribution in [3.05, 3.63) is 51.5 Å². The van der Waals surface area contributed by atoms with Gasteiger partial charge in [0.15, 0.2) is 0 Å². The first-order valence-electron chi connectivity index (χ1n) is 8.34. The lowest BCUT2D eigenvalue weighted by molar-refractivity contribution is 0.102. The van der Waals surface area contributed by atoms with Crippen molar-refractivity contribution in [1.29, 1.82) is 0 Å². The molecule has 0 saturated carbocycles. The highest BCUT2D eigenvalue weighted by molar-refractivity contribution is 7.23. The number of amides is 1. The molecule has 0 atom stereocenters. The fourth-order valence-electron chi connectivity index (χ4n) is 2.35. The molecule has 1 amide bonds. The SMILES string of the molecule is CC/C(C)=N/Nc1nc2c(Cl)cc(NC(=O)c3cccc(C)c3)c(Cl)c2s1. The summed E-state index contributed by atoms with van der Waals surface area (Å²) in [4.78, 5) is 17.0. The molecule has 2 N–H and O–H groups in total. The van der Waals surface area contributed by atoms with Crippen LogP contribution in [-0.4, -0.2) is 16.6 Å². The van der Waals surface area contributed by atoms with Crippen LogP contribution in [0.5, 0.6) is 0 Å². The van der Waals surface area contributed by atoms with Crippen LogP contribution in [-0.2, 0) is 0 Å². The number of rotatable bonds is 5. The summed E-state index contributed by atoms with van der Waals surface area (Å²) in [5.74, 6) is -0.248. The molecule has 0 bridgehead atoms. The molecular weight excluding hydrogens is 403 g/mol. The number of hydrazone groups is 1. The minimum Gasteiger partial charge on any atom is -0.321 e. The van der Waals surface area contributed by atoms with Crippen molar-refractivity contribution in [2.24, 2.45) is 5.10 Å². The summed E-state index contributed by atoms with van der Waals surface area (Å²) in [6, 6.07) is 8.94. The first-order valence-corrected chi connectivity index (χ1v) is 9.92. The molecule has 1 aromatic heterocycles. The minimum atomic E-state index is -0.248. The van der Waals surface area contributed by atoms with Crippen molar-refractivity contribution in [3.63, 3.8) is 0 Å². The fraction of sp³-hybridized carbons (Fsp3) is 0.211. The number of carbonyl (C=O) groups excluding carboxylic acids is 1. The van der Waals surface area contributed by atoms with E-state index < -0.39 is 0 Å². The maximum absolute atomic E-state index is 12.5. The molecule has 3 rings (SSSR count). The van der Waals surface area contributed by atoms with Crippen molar-refractivity contribution in [1.82, 2.24) is 4.98 Å². The number of carbonyl (C=O) groups is 1. The normalized spacial score (nSPS) is 11.7. The molecule has 0 fully saturated rings. The Kier molecular flexibility index (Phi) is 5.99. The highest BCUT2D eigenvalue weighted by Crippen LogP contribution is 2.41. The Balaban J connectivity index is 1.93. The summed E-state index contributed by atoms with van der Waals surface area (Å²) in [6.45, 7) is 5.89. The standard InChI is InChI=1S/C19H18Cl2N4OS/c1-4-11(3)24-25-19-23-16-13(20)9-14(15(21)17(16)27-19)22-18(26)12-7-5-6-10(2)8-12/h5-9H,4H2,1-3H3,(H,22,26)(H,23,25)/b24-11+. The smallest absolute Gasteiger partial charge is 0.255 e. The van der Waals surface area contributed by atoms with E-state index in [1.54, 1.807) is 12.1 Å². The number of nitrogens with zero attached hydrogens (tertiary/aromatic N) is 2. The summed E-state index contributed by atoms with van der Waals surface area (Å²) >= 11 is 14.2. The molecule has 2 aromatic carbocycles. The Hall–Kier alpha value is -2.15. The third-order valence-electron chi connectivity index (χ3n) is 3.94. The van der Waals surface area contributed by atoms with E-state index in [1.807, 2.05) is 39.0 Å². The van der Waals surface area contributed by atoms with E-state index >= 15 is 0 Å². The Morgan fingerprint density at radius 2 is 2.07 bits per heavy atom. The van der Waals surface area contributed by atoms with E-state index in [-0.39, 0.29) is 5.91 Å². The summed E-state index contributed by atoms with van der Waals surface area (Å²) in [5, 5.41) is 8.47. The zero-order valence-corrected chi connectivity index (χ0v) is 17.4. The number of hydrogen-bond acceptors (Lipinski definition) is 5. The monoisotopic (exact) mass is 420 g/mol. The van der Waals surface area contributed by atoms with E-state index in [9.17, 15) is 4.79 Å². The van der Waals surface area contributed by atoms with Gasteiger partial charge in [0.1, 0.15) is 5.52 Å². The van der Waals surface area contributed by atoms with Gasteiger partial charge in [0.2, 0.25) is 5.13 Å². The second-order valence-corrected chi connectivity index (χ2v) is 7.84. The number of anilines is 2. The van der Waals surface area contributed by atoms with Gasteiger partial charge in [-0.15, -0.1) is 0 Å². The summed E-state index contributed by atoms with van der Waals surface area (Å²) < 4.78 is 0.690. The summed E-state index contributed by atoms with van der Waals surface area (Å²) in [5.41, 5.74) is 6.46. The predicted octanol–water partition coefficient (Wildman–Crippen LogP) is 6.36. The Labute approximate surface area is 171 Å². The van der Waals surface area contributed by atoms with Gasteiger partial charge in [-0.2, -0.15) is 5.10 Å². The number of nitrogens with one attached hydrogen (secondary N) is 2. The molecule has 0 aliphatic heterocycles. The zero-order chi connectivity index (χ0) is 19.6. The molecule has 8 heteroatoms. The van der Waals surface area contributed by atoms with Crippen LogP contribution >= 0.6 is 34.5 Å². The first-order chi connectivity index (χ1) is 12.9. The van der Waals surface area contributed by atoms with Crippen molar-refractivity contribution in [2.45, 2.75) is 27.2 Å². The van der Waals surface area contributed by atoms with Gasteiger partial charge in [-0.25, -0.2) is 4.98 Å². The lowest BCUT2D eigenvalue weighted by Crippen LogP contribution is -2.12. The van der Waals surface area contributed by atoms with Crippen molar-refractivity contribution in [2.75, 3.05) is 10.7 Å². The van der Waals surface area contributed by atoms with Crippen molar-refractivity contribution >= 4 is 67.2 Å². The second kappa shape index (κ2) is 8.25. The topological polar surface area (TPSA) is 66.4 Å². The third-order valence-corrected chi connectivity index (χ3v) is 5.71. The first kappa shape index (κ1) is 19.6. The van der Waals surface area contributed by atoms with Crippen LogP contribution in [0.4, 0.5) is 10.8 Å². The average molecular weight is 421 g/mol. The zero-order valence-electron chi connectivity index (χ0n) is 15.1. The summed E-state index contributed by atoms with van der Waals surface area (Å²) in [7, 11) is 0. The third kappa shape index (κ3) is 4.40. The lowest BCUT2D eigenvalue weighted by atomic mass is 10.1. The van der Waals surface area contributed by atoms with Gasteiger partial charge in [0.05, 0.1) is 20.4 Å². The van der Waals surface area contributed by atoms with Crippen LogP contribution in [0.15, 0.2) is 35.4 Å². The van der Waals surface area contributed by atoms with E-state index in [1.165, 1.54) is 11.3 Å². The Bertz CT molecular complexity index is 1050. The quantitative estimate of drug-likeness (QED) is 0.372. The van der Waals surface area contributed by atoms with Crippen LogP contribution in [0.1, 0.15) is 36.2 Å². The highest BCUT2D eigenvalue weighted by Gasteiger charge is 2.17. The van der Waals surface area contributed by atoms with Crippen LogP contribution < -0.4 is 10.7 Å². The van der Waals surface area contributed by atoms with Gasteiger partial charge in [0.25, 0.3) is 5.91 Å². The van der Waals surface area contributed by atoms with E-state index in [4.69, 9.17) is 23.2 Å². The van der Waals surface area contributed by atoms with Crippen LogP contribution in [0.2, 0.25) is 10.0 Å². The molecular formula is C19H18Cl2N4OS. The van der Waals surface area contributed by atoms with Crippen molar-refractivity contribution < 1.29 is 4.79 Å². The Morgan fingerprint density at radius 1 is 1.30 bits per heavy atom. The van der Waals surface area contributed by atoms with Gasteiger partial charge in [-0.3, -0.25) is 10.2 Å². The molecule has 27 heavy (non-hydrogen) atoms. The number of aromatic nitrogens is 1. The average Bonchev–Trinajstić information content (AvgIpc) is 3.09. The van der Waals surface area contributed by atoms with E-state index in [0.717, 1.165) is 17.7 Å². The number of benzene rings is 2. The molecule has 0 saturated heterocycles. The number of fused-ring (bicyclic) bond motifs is 1. The summed E-state index contributed by atoms with van der Waals surface area (Å²) in [6.07, 6.45) is 0.842. The van der Waals surface area contributed by atoms with Gasteiger partial charge in [-0.05, 0) is 38.5 Å². The number of aryl methyl sites for hydroxylation is 1. The number of halogens is 2. The second-order valence-electron chi connectivity index (χ2n) is 6.05. The maximum Gasteiger partial charge on any atom is 0.255 e. The maximum atomic E-state index is 12.5. The van der Waals surface area contributed by atoms with E-state index in [0.29, 0.717) is 36.6 Å². The number of thiazole rings is 1. The van der Waals surface area contributed by atoms with Crippen LogP contribution in [0.3, 0.4) is 0 Å². The molecule has 0 spiro atoms. The highest BCUT2D eigenvalue weighted by atomic mass is 35.5. The van der Waals surface area contributed by atoms with Crippen molar-refractivity contribution in [3.8, 4) is 0 Å². The lowest BCUT2D eigenvalue weighted by Gasteiger charge is -2.09. The van der Waals surface area contributed by atoms with Gasteiger partial charge < -0.3 is 5.32 Å². The van der Waals surface area contributed by atoms with Gasteiger partial charge in [-0.1, -0.05) is 59.2 Å². The molecule has 0 unspecified atom stereocenters.